The first kappa shape index (κ1) is 14.8. The number of anilines is 1. The molecule has 0 aliphatic heterocycles. The maximum Gasteiger partial charge on any atom is 0.255 e. The van der Waals surface area contributed by atoms with E-state index >= 15 is 0 Å². The highest BCUT2D eigenvalue weighted by Gasteiger charge is 2.12. The summed E-state index contributed by atoms with van der Waals surface area (Å²) in [5.74, 6) is 0.344. The van der Waals surface area contributed by atoms with Gasteiger partial charge in [0, 0.05) is 15.7 Å². The molecule has 1 atom stereocenters. The molecule has 2 aromatic carbocycles. The fourth-order valence-electron chi connectivity index (χ4n) is 2.08. The summed E-state index contributed by atoms with van der Waals surface area (Å²) in [6.45, 7) is 4.32. The van der Waals surface area contributed by atoms with Crippen LogP contribution in [0.3, 0.4) is 0 Å². The molecule has 2 aromatic rings. The fraction of sp³-hybridized carbons (Fsp3) is 0.235. The summed E-state index contributed by atoms with van der Waals surface area (Å²) >= 11 is 3.38. The number of hydrogen-bond acceptors (Lipinski definition) is 1. The number of para-hydroxylation sites is 1. The van der Waals surface area contributed by atoms with E-state index in [2.05, 4.69) is 41.2 Å². The van der Waals surface area contributed by atoms with Crippen molar-refractivity contribution in [2.24, 2.45) is 0 Å². The van der Waals surface area contributed by atoms with Crippen LogP contribution in [0.4, 0.5) is 5.69 Å². The average molecular weight is 332 g/mol. The number of carbonyl (C=O) groups is 1. The number of amides is 1. The van der Waals surface area contributed by atoms with Crippen LogP contribution in [0.5, 0.6) is 0 Å². The lowest BCUT2D eigenvalue weighted by Gasteiger charge is -2.15. The Balaban J connectivity index is 2.24. The van der Waals surface area contributed by atoms with Gasteiger partial charge in [0.15, 0.2) is 0 Å². The topological polar surface area (TPSA) is 29.1 Å². The number of nitrogens with one attached hydrogen (secondary N) is 1. The third-order valence-electron chi connectivity index (χ3n) is 3.44. The Kier molecular flexibility index (Phi) is 4.96. The van der Waals surface area contributed by atoms with E-state index in [4.69, 9.17) is 0 Å². The molecular weight excluding hydrogens is 314 g/mol. The summed E-state index contributed by atoms with van der Waals surface area (Å²) < 4.78 is 0.903. The standard InChI is InChI=1S/C17H18BrNO/c1-3-12(2)15-9-4-5-10-16(15)19-17(20)13-7-6-8-14(18)11-13/h4-12H,3H2,1-2H3,(H,19,20). The maximum atomic E-state index is 12.3. The highest BCUT2D eigenvalue weighted by molar-refractivity contribution is 9.10. The molecule has 0 saturated carbocycles. The van der Waals surface area contributed by atoms with Gasteiger partial charge in [-0.15, -0.1) is 0 Å². The van der Waals surface area contributed by atoms with Crippen molar-refractivity contribution in [3.8, 4) is 0 Å². The van der Waals surface area contributed by atoms with Crippen LogP contribution in [-0.4, -0.2) is 5.91 Å². The van der Waals surface area contributed by atoms with Gasteiger partial charge >= 0.3 is 0 Å². The van der Waals surface area contributed by atoms with E-state index in [0.717, 1.165) is 16.6 Å². The van der Waals surface area contributed by atoms with Gasteiger partial charge in [-0.3, -0.25) is 4.79 Å². The molecule has 0 aromatic heterocycles. The number of hydrogen-bond donors (Lipinski definition) is 1. The number of halogens is 1. The Hall–Kier alpha value is -1.61. The summed E-state index contributed by atoms with van der Waals surface area (Å²) in [7, 11) is 0. The predicted molar refractivity (Wildman–Crippen MR) is 87.2 cm³/mol. The van der Waals surface area contributed by atoms with Crippen molar-refractivity contribution >= 4 is 27.5 Å². The summed E-state index contributed by atoms with van der Waals surface area (Å²) in [5.41, 5.74) is 2.73. The number of carbonyl (C=O) groups excluding carboxylic acids is 1. The molecule has 1 unspecified atom stereocenters. The normalized spacial score (nSPS) is 11.9. The predicted octanol–water partition coefficient (Wildman–Crippen LogP) is 5.21. The summed E-state index contributed by atoms with van der Waals surface area (Å²) in [4.78, 5) is 12.3. The van der Waals surface area contributed by atoms with Crippen molar-refractivity contribution in [3.05, 3.63) is 64.1 Å². The van der Waals surface area contributed by atoms with Gasteiger partial charge in [-0.05, 0) is 42.2 Å². The number of rotatable bonds is 4. The molecule has 1 N–H and O–H groups in total. The Morgan fingerprint density at radius 3 is 2.65 bits per heavy atom. The minimum Gasteiger partial charge on any atom is -0.322 e. The smallest absolute Gasteiger partial charge is 0.255 e. The summed E-state index contributed by atoms with van der Waals surface area (Å²) in [6, 6.07) is 15.4. The van der Waals surface area contributed by atoms with Gasteiger partial charge in [-0.2, -0.15) is 0 Å². The molecule has 2 rings (SSSR count). The third kappa shape index (κ3) is 3.48. The van der Waals surface area contributed by atoms with Gasteiger partial charge in [-0.25, -0.2) is 0 Å². The SMILES string of the molecule is CCC(C)c1ccccc1NC(=O)c1cccc(Br)c1. The van der Waals surface area contributed by atoms with Crippen molar-refractivity contribution in [2.75, 3.05) is 5.32 Å². The lowest BCUT2D eigenvalue weighted by molar-refractivity contribution is 0.102. The molecule has 0 aliphatic carbocycles. The van der Waals surface area contributed by atoms with Gasteiger partial charge in [0.2, 0.25) is 0 Å². The zero-order valence-electron chi connectivity index (χ0n) is 11.7. The molecule has 0 heterocycles. The van der Waals surface area contributed by atoms with Gasteiger partial charge in [0.1, 0.15) is 0 Å². The van der Waals surface area contributed by atoms with E-state index in [1.54, 1.807) is 0 Å². The molecular formula is C17H18BrNO. The fourth-order valence-corrected chi connectivity index (χ4v) is 2.48. The Bertz CT molecular complexity index is 609. The summed E-state index contributed by atoms with van der Waals surface area (Å²) in [6.07, 6.45) is 1.05. The van der Waals surface area contributed by atoms with Crippen LogP contribution >= 0.6 is 15.9 Å². The molecule has 0 radical (unpaired) electrons. The van der Waals surface area contributed by atoms with E-state index in [-0.39, 0.29) is 5.91 Å². The molecule has 3 heteroatoms. The van der Waals surface area contributed by atoms with Crippen LogP contribution < -0.4 is 5.32 Å². The first-order valence-electron chi connectivity index (χ1n) is 6.77. The van der Waals surface area contributed by atoms with E-state index in [0.29, 0.717) is 11.5 Å². The molecule has 1 amide bonds. The van der Waals surface area contributed by atoms with Crippen molar-refractivity contribution in [1.82, 2.24) is 0 Å². The minimum absolute atomic E-state index is 0.0814. The van der Waals surface area contributed by atoms with Crippen LogP contribution in [0.25, 0.3) is 0 Å². The van der Waals surface area contributed by atoms with E-state index in [1.165, 1.54) is 5.56 Å². The maximum absolute atomic E-state index is 12.3. The lowest BCUT2D eigenvalue weighted by atomic mass is 9.97. The Morgan fingerprint density at radius 1 is 1.20 bits per heavy atom. The number of benzene rings is 2. The first-order chi connectivity index (χ1) is 9.61. The van der Waals surface area contributed by atoms with Gasteiger partial charge in [-0.1, -0.05) is 54.0 Å². The second-order valence-electron chi connectivity index (χ2n) is 4.86. The monoisotopic (exact) mass is 331 g/mol. The van der Waals surface area contributed by atoms with Crippen molar-refractivity contribution < 1.29 is 4.79 Å². The molecule has 0 aliphatic rings. The van der Waals surface area contributed by atoms with Crippen LogP contribution in [0.1, 0.15) is 42.1 Å². The second kappa shape index (κ2) is 6.71. The van der Waals surface area contributed by atoms with E-state index < -0.39 is 0 Å². The lowest BCUT2D eigenvalue weighted by Crippen LogP contribution is -2.13. The van der Waals surface area contributed by atoms with Crippen molar-refractivity contribution in [2.45, 2.75) is 26.2 Å². The molecule has 0 saturated heterocycles. The molecule has 0 bridgehead atoms. The molecule has 20 heavy (non-hydrogen) atoms. The van der Waals surface area contributed by atoms with Crippen LogP contribution in [0.2, 0.25) is 0 Å². The highest BCUT2D eigenvalue weighted by Crippen LogP contribution is 2.27. The third-order valence-corrected chi connectivity index (χ3v) is 3.93. The zero-order valence-corrected chi connectivity index (χ0v) is 13.3. The zero-order chi connectivity index (χ0) is 14.5. The largest absolute Gasteiger partial charge is 0.322 e. The molecule has 0 fully saturated rings. The summed E-state index contributed by atoms with van der Waals surface area (Å²) in [5, 5.41) is 3.01. The molecule has 0 spiro atoms. The quantitative estimate of drug-likeness (QED) is 0.818. The molecule has 104 valence electrons. The van der Waals surface area contributed by atoms with Crippen LogP contribution in [0.15, 0.2) is 53.0 Å². The van der Waals surface area contributed by atoms with Gasteiger partial charge in [0.25, 0.3) is 5.91 Å². The van der Waals surface area contributed by atoms with Crippen LogP contribution in [0, 0.1) is 0 Å². The Labute approximate surface area is 128 Å². The van der Waals surface area contributed by atoms with E-state index in [9.17, 15) is 4.79 Å². The average Bonchev–Trinajstić information content (AvgIpc) is 2.47. The first-order valence-corrected chi connectivity index (χ1v) is 7.57. The minimum atomic E-state index is -0.0814. The highest BCUT2D eigenvalue weighted by atomic mass is 79.9. The Morgan fingerprint density at radius 2 is 1.95 bits per heavy atom. The van der Waals surface area contributed by atoms with Crippen molar-refractivity contribution in [1.29, 1.82) is 0 Å². The van der Waals surface area contributed by atoms with Crippen LogP contribution in [-0.2, 0) is 0 Å². The van der Waals surface area contributed by atoms with Gasteiger partial charge in [0.05, 0.1) is 0 Å². The van der Waals surface area contributed by atoms with E-state index in [1.807, 2.05) is 42.5 Å². The van der Waals surface area contributed by atoms with Crippen molar-refractivity contribution in [3.63, 3.8) is 0 Å². The molecule has 2 nitrogen and oxygen atoms in total. The van der Waals surface area contributed by atoms with Gasteiger partial charge < -0.3 is 5.32 Å². The second-order valence-corrected chi connectivity index (χ2v) is 5.78.